The third-order valence-electron chi connectivity index (χ3n) is 3.63. The Kier molecular flexibility index (Phi) is 6.65. The first-order valence-corrected chi connectivity index (χ1v) is 7.20. The highest BCUT2D eigenvalue weighted by Gasteiger charge is 2.33. The van der Waals surface area contributed by atoms with E-state index in [9.17, 15) is 9.90 Å². The molecule has 0 bridgehead atoms. The van der Waals surface area contributed by atoms with Crippen LogP contribution in [0.25, 0.3) is 0 Å². The number of rotatable bonds is 6. The van der Waals surface area contributed by atoms with Crippen LogP contribution in [0.2, 0.25) is 0 Å². The van der Waals surface area contributed by atoms with Crippen molar-refractivity contribution >= 4 is 5.97 Å². The van der Waals surface area contributed by atoms with Gasteiger partial charge in [-0.05, 0) is 46.1 Å². The standard InChI is InChI=1S/C14H27NO3/c1-4-13(14(17)18-5-2)15-9-7-6-8-12(15)10-11(3)16/h11-13,16H,4-10H2,1-3H3. The molecule has 18 heavy (non-hydrogen) atoms. The van der Waals surface area contributed by atoms with Crippen molar-refractivity contribution in [2.24, 2.45) is 0 Å². The molecule has 4 nitrogen and oxygen atoms in total. The van der Waals surface area contributed by atoms with Crippen LogP contribution in [0.4, 0.5) is 0 Å². The van der Waals surface area contributed by atoms with Crippen molar-refractivity contribution < 1.29 is 14.6 Å². The maximum absolute atomic E-state index is 12.0. The van der Waals surface area contributed by atoms with Gasteiger partial charge in [0.1, 0.15) is 6.04 Å². The number of carbonyl (C=O) groups is 1. The number of piperidine rings is 1. The first-order valence-electron chi connectivity index (χ1n) is 7.20. The number of ether oxygens (including phenoxy) is 1. The van der Waals surface area contributed by atoms with Crippen LogP contribution in [0.5, 0.6) is 0 Å². The second-order valence-electron chi connectivity index (χ2n) is 5.15. The average Bonchev–Trinajstić information content (AvgIpc) is 2.32. The number of carbonyl (C=O) groups excluding carboxylic acids is 1. The molecule has 0 aromatic rings. The second-order valence-corrected chi connectivity index (χ2v) is 5.15. The minimum Gasteiger partial charge on any atom is -0.465 e. The summed E-state index contributed by atoms with van der Waals surface area (Å²) in [7, 11) is 0. The molecule has 3 unspecified atom stereocenters. The van der Waals surface area contributed by atoms with E-state index in [0.29, 0.717) is 12.6 Å². The van der Waals surface area contributed by atoms with E-state index >= 15 is 0 Å². The predicted molar refractivity (Wildman–Crippen MR) is 71.4 cm³/mol. The molecule has 106 valence electrons. The predicted octanol–water partition coefficient (Wildman–Crippen LogP) is 1.95. The summed E-state index contributed by atoms with van der Waals surface area (Å²) in [5, 5.41) is 9.58. The molecule has 1 aliphatic heterocycles. The first kappa shape index (κ1) is 15.4. The maximum Gasteiger partial charge on any atom is 0.323 e. The summed E-state index contributed by atoms with van der Waals surface area (Å²) in [5.41, 5.74) is 0. The van der Waals surface area contributed by atoms with Crippen molar-refractivity contribution in [3.63, 3.8) is 0 Å². The van der Waals surface area contributed by atoms with Crippen LogP contribution in [0.3, 0.4) is 0 Å². The monoisotopic (exact) mass is 257 g/mol. The molecule has 0 spiro atoms. The molecule has 3 atom stereocenters. The van der Waals surface area contributed by atoms with Crippen LogP contribution in [-0.2, 0) is 9.53 Å². The lowest BCUT2D eigenvalue weighted by Gasteiger charge is -2.40. The molecule has 1 fully saturated rings. The molecule has 1 rings (SSSR count). The molecular weight excluding hydrogens is 230 g/mol. The highest BCUT2D eigenvalue weighted by atomic mass is 16.5. The van der Waals surface area contributed by atoms with Crippen molar-refractivity contribution in [1.82, 2.24) is 4.90 Å². The van der Waals surface area contributed by atoms with Gasteiger partial charge in [0.2, 0.25) is 0 Å². The number of nitrogens with zero attached hydrogens (tertiary/aromatic N) is 1. The van der Waals surface area contributed by atoms with Crippen molar-refractivity contribution in [1.29, 1.82) is 0 Å². The Labute approximate surface area is 110 Å². The Balaban J connectivity index is 2.69. The molecule has 1 saturated heterocycles. The largest absolute Gasteiger partial charge is 0.465 e. The van der Waals surface area contributed by atoms with E-state index < -0.39 is 0 Å². The number of hydrogen-bond donors (Lipinski definition) is 1. The molecule has 0 saturated carbocycles. The van der Waals surface area contributed by atoms with Gasteiger partial charge >= 0.3 is 5.97 Å². The fourth-order valence-electron chi connectivity index (χ4n) is 2.86. The zero-order valence-electron chi connectivity index (χ0n) is 11.9. The van der Waals surface area contributed by atoms with Gasteiger partial charge in [0.15, 0.2) is 0 Å². The number of likely N-dealkylation sites (tertiary alicyclic amines) is 1. The van der Waals surface area contributed by atoms with Gasteiger partial charge in [-0.3, -0.25) is 9.69 Å². The third-order valence-corrected chi connectivity index (χ3v) is 3.63. The molecule has 0 radical (unpaired) electrons. The highest BCUT2D eigenvalue weighted by molar-refractivity contribution is 5.75. The highest BCUT2D eigenvalue weighted by Crippen LogP contribution is 2.25. The van der Waals surface area contributed by atoms with Crippen LogP contribution < -0.4 is 0 Å². The summed E-state index contributed by atoms with van der Waals surface area (Å²) in [6, 6.07) is 0.169. The Morgan fingerprint density at radius 2 is 2.17 bits per heavy atom. The average molecular weight is 257 g/mol. The Hall–Kier alpha value is -0.610. The molecule has 0 aromatic heterocycles. The molecule has 0 aromatic carbocycles. The summed E-state index contributed by atoms with van der Waals surface area (Å²) in [4.78, 5) is 14.2. The summed E-state index contributed by atoms with van der Waals surface area (Å²) >= 11 is 0. The van der Waals surface area contributed by atoms with Crippen molar-refractivity contribution in [3.8, 4) is 0 Å². The van der Waals surface area contributed by atoms with E-state index in [1.54, 1.807) is 0 Å². The van der Waals surface area contributed by atoms with Gasteiger partial charge in [0, 0.05) is 6.04 Å². The van der Waals surface area contributed by atoms with Crippen LogP contribution >= 0.6 is 0 Å². The van der Waals surface area contributed by atoms with Gasteiger partial charge in [0.05, 0.1) is 12.7 Å². The number of hydrogen-bond acceptors (Lipinski definition) is 4. The minimum absolute atomic E-state index is 0.113. The van der Waals surface area contributed by atoms with E-state index in [-0.39, 0.29) is 18.1 Å². The topological polar surface area (TPSA) is 49.8 Å². The van der Waals surface area contributed by atoms with E-state index in [1.165, 1.54) is 6.42 Å². The lowest BCUT2D eigenvalue weighted by molar-refractivity contribution is -0.151. The lowest BCUT2D eigenvalue weighted by Crippen LogP contribution is -2.51. The van der Waals surface area contributed by atoms with Gasteiger partial charge in [0.25, 0.3) is 0 Å². The number of esters is 1. The van der Waals surface area contributed by atoms with E-state index in [0.717, 1.165) is 32.2 Å². The third kappa shape index (κ3) is 4.25. The van der Waals surface area contributed by atoms with Crippen molar-refractivity contribution in [2.45, 2.75) is 71.1 Å². The normalized spacial score (nSPS) is 24.6. The summed E-state index contributed by atoms with van der Waals surface area (Å²) in [6.07, 6.45) is 4.60. The lowest BCUT2D eigenvalue weighted by atomic mass is 9.94. The molecule has 1 heterocycles. The molecule has 4 heteroatoms. The summed E-state index contributed by atoms with van der Waals surface area (Å²) in [5.74, 6) is -0.113. The smallest absolute Gasteiger partial charge is 0.323 e. The van der Waals surface area contributed by atoms with Crippen LogP contribution in [-0.4, -0.2) is 47.3 Å². The van der Waals surface area contributed by atoms with E-state index in [4.69, 9.17) is 4.74 Å². The Bertz CT molecular complexity index is 255. The molecule has 0 amide bonds. The van der Waals surface area contributed by atoms with Crippen molar-refractivity contribution in [2.75, 3.05) is 13.2 Å². The second kappa shape index (κ2) is 7.74. The van der Waals surface area contributed by atoms with Gasteiger partial charge in [-0.1, -0.05) is 13.3 Å². The van der Waals surface area contributed by atoms with Crippen LogP contribution in [0.1, 0.15) is 52.9 Å². The van der Waals surface area contributed by atoms with E-state index in [2.05, 4.69) is 4.90 Å². The Morgan fingerprint density at radius 1 is 1.44 bits per heavy atom. The summed E-state index contributed by atoms with van der Waals surface area (Å²) in [6.45, 7) is 7.06. The molecule has 1 N–H and O–H groups in total. The zero-order chi connectivity index (χ0) is 13.5. The molecular formula is C14H27NO3. The van der Waals surface area contributed by atoms with Crippen LogP contribution in [0.15, 0.2) is 0 Å². The van der Waals surface area contributed by atoms with Gasteiger partial charge < -0.3 is 9.84 Å². The fraction of sp³-hybridized carbons (Fsp3) is 0.929. The zero-order valence-corrected chi connectivity index (χ0v) is 11.9. The Morgan fingerprint density at radius 3 is 2.72 bits per heavy atom. The first-order chi connectivity index (χ1) is 8.60. The van der Waals surface area contributed by atoms with Gasteiger partial charge in [-0.15, -0.1) is 0 Å². The quantitative estimate of drug-likeness (QED) is 0.739. The van der Waals surface area contributed by atoms with Gasteiger partial charge in [-0.25, -0.2) is 0 Å². The summed E-state index contributed by atoms with van der Waals surface area (Å²) < 4.78 is 5.16. The van der Waals surface area contributed by atoms with Crippen LogP contribution in [0, 0.1) is 0 Å². The minimum atomic E-state index is -0.310. The number of aliphatic hydroxyl groups excluding tert-OH is 1. The van der Waals surface area contributed by atoms with E-state index in [1.807, 2.05) is 20.8 Å². The number of aliphatic hydroxyl groups is 1. The fourth-order valence-corrected chi connectivity index (χ4v) is 2.86. The molecule has 1 aliphatic rings. The SMILES string of the molecule is CCOC(=O)C(CC)N1CCCCC1CC(C)O. The van der Waals surface area contributed by atoms with Crippen molar-refractivity contribution in [3.05, 3.63) is 0 Å². The molecule has 0 aliphatic carbocycles. The van der Waals surface area contributed by atoms with Gasteiger partial charge in [-0.2, -0.15) is 0 Å². The maximum atomic E-state index is 12.0.